The molecule has 9 nitrogen and oxygen atoms in total. The largest absolute Gasteiger partial charge is 0.379 e. The van der Waals surface area contributed by atoms with Gasteiger partial charge in [0.2, 0.25) is 15.9 Å². The zero-order valence-corrected chi connectivity index (χ0v) is 20.0. The molecule has 174 valence electrons. The Balaban J connectivity index is 1.40. The number of thiazole rings is 1. The van der Waals surface area contributed by atoms with Crippen LogP contribution in [0.3, 0.4) is 0 Å². The summed E-state index contributed by atoms with van der Waals surface area (Å²) in [6, 6.07) is 4.72. The van der Waals surface area contributed by atoms with Gasteiger partial charge in [-0.05, 0) is 31.5 Å². The molecule has 0 aliphatic carbocycles. The standard InChI is InChI=1S/C21H29N5O4S2/c1-16-3-4-18(15-19(16)32(28,29)26-10-12-30-13-11-26)23-20(27)17(2)24-6-8-25(9-7-24)21-22-5-14-31-21/h3-5,14-15,17H,6-13H2,1-2H3,(H,23,27). The van der Waals surface area contributed by atoms with Crippen LogP contribution >= 0.6 is 11.3 Å². The molecule has 0 bridgehead atoms. The van der Waals surface area contributed by atoms with Crippen LogP contribution in [0.25, 0.3) is 0 Å². The Morgan fingerprint density at radius 3 is 2.53 bits per heavy atom. The van der Waals surface area contributed by atoms with E-state index in [1.165, 1.54) is 4.31 Å². The first-order chi connectivity index (χ1) is 15.4. The van der Waals surface area contributed by atoms with Gasteiger partial charge in [0, 0.05) is 56.5 Å². The molecule has 1 amide bonds. The Bertz CT molecular complexity index is 1030. The second-order valence-electron chi connectivity index (χ2n) is 8.00. The Labute approximate surface area is 193 Å². The number of nitrogens with one attached hydrogen (secondary N) is 1. The van der Waals surface area contributed by atoms with Gasteiger partial charge in [-0.3, -0.25) is 9.69 Å². The van der Waals surface area contributed by atoms with Crippen molar-refractivity contribution in [3.63, 3.8) is 0 Å². The van der Waals surface area contributed by atoms with E-state index in [0.29, 0.717) is 37.6 Å². The molecule has 4 rings (SSSR count). The first kappa shape index (κ1) is 23.1. The molecule has 1 aromatic carbocycles. The molecule has 0 saturated carbocycles. The van der Waals surface area contributed by atoms with E-state index in [-0.39, 0.29) is 16.8 Å². The molecule has 2 saturated heterocycles. The highest BCUT2D eigenvalue weighted by Gasteiger charge is 2.29. The third-order valence-electron chi connectivity index (χ3n) is 5.97. The summed E-state index contributed by atoms with van der Waals surface area (Å²) in [5.74, 6) is -0.147. The molecule has 1 aromatic heterocycles. The minimum atomic E-state index is -3.64. The first-order valence-corrected chi connectivity index (χ1v) is 13.1. The summed E-state index contributed by atoms with van der Waals surface area (Å²) in [5, 5.41) is 5.88. The van der Waals surface area contributed by atoms with Crippen LogP contribution in [-0.4, -0.2) is 87.0 Å². The van der Waals surface area contributed by atoms with Crippen LogP contribution in [0.2, 0.25) is 0 Å². The fourth-order valence-electron chi connectivity index (χ4n) is 3.97. The average molecular weight is 480 g/mol. The van der Waals surface area contributed by atoms with Gasteiger partial charge in [-0.2, -0.15) is 4.31 Å². The third-order valence-corrected chi connectivity index (χ3v) is 8.85. The highest BCUT2D eigenvalue weighted by Crippen LogP contribution is 2.25. The Morgan fingerprint density at radius 1 is 1.16 bits per heavy atom. The highest BCUT2D eigenvalue weighted by atomic mass is 32.2. The maximum atomic E-state index is 13.1. The van der Waals surface area contributed by atoms with Crippen LogP contribution < -0.4 is 10.2 Å². The molecule has 32 heavy (non-hydrogen) atoms. The fraction of sp³-hybridized carbons (Fsp3) is 0.524. The van der Waals surface area contributed by atoms with Gasteiger partial charge in [0.1, 0.15) is 0 Å². The number of benzene rings is 1. The Hall–Kier alpha value is -2.05. The highest BCUT2D eigenvalue weighted by molar-refractivity contribution is 7.89. The van der Waals surface area contributed by atoms with Gasteiger partial charge >= 0.3 is 0 Å². The van der Waals surface area contributed by atoms with Crippen molar-refractivity contribution in [2.75, 3.05) is 62.7 Å². The maximum Gasteiger partial charge on any atom is 0.243 e. The van der Waals surface area contributed by atoms with Crippen LogP contribution in [0.4, 0.5) is 10.8 Å². The van der Waals surface area contributed by atoms with Gasteiger partial charge in [-0.25, -0.2) is 13.4 Å². The van der Waals surface area contributed by atoms with Gasteiger partial charge in [0.25, 0.3) is 0 Å². The van der Waals surface area contributed by atoms with Gasteiger partial charge in [0.15, 0.2) is 5.13 Å². The smallest absolute Gasteiger partial charge is 0.243 e. The molecule has 11 heteroatoms. The molecule has 2 aliphatic heterocycles. The normalized spacial score (nSPS) is 19.6. The van der Waals surface area contributed by atoms with E-state index in [0.717, 1.165) is 31.3 Å². The molecule has 1 N–H and O–H groups in total. The van der Waals surface area contributed by atoms with Crippen molar-refractivity contribution in [1.82, 2.24) is 14.2 Å². The molecule has 3 heterocycles. The van der Waals surface area contributed by atoms with Crippen LogP contribution in [0.1, 0.15) is 12.5 Å². The summed E-state index contributed by atoms with van der Waals surface area (Å²) in [5.41, 5.74) is 1.14. The van der Waals surface area contributed by atoms with Crippen molar-refractivity contribution < 1.29 is 17.9 Å². The van der Waals surface area contributed by atoms with E-state index in [9.17, 15) is 13.2 Å². The molecule has 0 radical (unpaired) electrons. The molecule has 1 atom stereocenters. The molecule has 2 aliphatic rings. The Kier molecular flexibility index (Phi) is 7.11. The van der Waals surface area contributed by atoms with Crippen LogP contribution in [-0.2, 0) is 19.6 Å². The van der Waals surface area contributed by atoms with Gasteiger partial charge < -0.3 is 15.0 Å². The number of aromatic nitrogens is 1. The number of morpholine rings is 1. The van der Waals surface area contributed by atoms with E-state index in [1.54, 1.807) is 42.7 Å². The van der Waals surface area contributed by atoms with E-state index in [2.05, 4.69) is 20.1 Å². The number of amides is 1. The number of anilines is 2. The topological polar surface area (TPSA) is 95.1 Å². The summed E-state index contributed by atoms with van der Waals surface area (Å²) >= 11 is 1.62. The minimum absolute atomic E-state index is 0.147. The van der Waals surface area contributed by atoms with Crippen LogP contribution in [0.5, 0.6) is 0 Å². The number of ether oxygens (including phenoxy) is 1. The second kappa shape index (κ2) is 9.84. The third kappa shape index (κ3) is 4.96. The number of carbonyl (C=O) groups excluding carboxylic acids is 1. The summed E-state index contributed by atoms with van der Waals surface area (Å²) < 4.78 is 32.9. The van der Waals surface area contributed by atoms with E-state index in [4.69, 9.17) is 4.74 Å². The lowest BCUT2D eigenvalue weighted by atomic mass is 10.2. The monoisotopic (exact) mass is 479 g/mol. The number of aryl methyl sites for hydroxylation is 1. The molecular formula is C21H29N5O4S2. The predicted octanol–water partition coefficient (Wildman–Crippen LogP) is 1.62. The van der Waals surface area contributed by atoms with Crippen LogP contribution in [0.15, 0.2) is 34.7 Å². The number of carbonyl (C=O) groups is 1. The summed E-state index contributed by atoms with van der Waals surface area (Å²) in [6.45, 7) is 8.26. The molecule has 2 aromatic rings. The van der Waals surface area contributed by atoms with Crippen molar-refractivity contribution in [3.05, 3.63) is 35.3 Å². The summed E-state index contributed by atoms with van der Waals surface area (Å²) in [7, 11) is -3.64. The summed E-state index contributed by atoms with van der Waals surface area (Å²) in [6.07, 6.45) is 1.80. The molecule has 1 unspecified atom stereocenters. The van der Waals surface area contributed by atoms with Crippen molar-refractivity contribution in [2.45, 2.75) is 24.8 Å². The number of hydrogen-bond acceptors (Lipinski definition) is 8. The lowest BCUT2D eigenvalue weighted by Crippen LogP contribution is -2.52. The second-order valence-corrected chi connectivity index (χ2v) is 10.8. The number of sulfonamides is 1. The first-order valence-electron chi connectivity index (χ1n) is 10.7. The molecule has 2 fully saturated rings. The van der Waals surface area contributed by atoms with Gasteiger partial charge in [0.05, 0.1) is 24.2 Å². The SMILES string of the molecule is Cc1ccc(NC(=O)C(C)N2CCN(c3nccs3)CC2)cc1S(=O)(=O)N1CCOCC1. The number of hydrogen-bond donors (Lipinski definition) is 1. The average Bonchev–Trinajstić information content (AvgIpc) is 3.35. The zero-order valence-electron chi connectivity index (χ0n) is 18.4. The number of nitrogens with zero attached hydrogens (tertiary/aromatic N) is 4. The number of piperazine rings is 1. The fourth-order valence-corrected chi connectivity index (χ4v) is 6.32. The van der Waals surface area contributed by atoms with Crippen molar-refractivity contribution in [3.8, 4) is 0 Å². The zero-order chi connectivity index (χ0) is 22.7. The quantitative estimate of drug-likeness (QED) is 0.673. The maximum absolute atomic E-state index is 13.1. The predicted molar refractivity (Wildman–Crippen MR) is 125 cm³/mol. The molecular weight excluding hydrogens is 450 g/mol. The summed E-state index contributed by atoms with van der Waals surface area (Å²) in [4.78, 5) is 21.9. The van der Waals surface area contributed by atoms with Crippen LogP contribution in [0, 0.1) is 6.92 Å². The molecule has 0 spiro atoms. The van der Waals surface area contributed by atoms with Crippen molar-refractivity contribution >= 4 is 38.1 Å². The van der Waals surface area contributed by atoms with Crippen molar-refractivity contribution in [2.24, 2.45) is 0 Å². The Morgan fingerprint density at radius 2 is 1.88 bits per heavy atom. The van der Waals surface area contributed by atoms with E-state index in [1.807, 2.05) is 12.3 Å². The number of rotatable bonds is 6. The van der Waals surface area contributed by atoms with Crippen molar-refractivity contribution in [1.29, 1.82) is 0 Å². The minimum Gasteiger partial charge on any atom is -0.379 e. The van der Waals surface area contributed by atoms with E-state index < -0.39 is 10.0 Å². The van der Waals surface area contributed by atoms with E-state index >= 15 is 0 Å². The lowest BCUT2D eigenvalue weighted by Gasteiger charge is -2.37. The van der Waals surface area contributed by atoms with Gasteiger partial charge in [-0.15, -0.1) is 11.3 Å². The van der Waals surface area contributed by atoms with Gasteiger partial charge in [-0.1, -0.05) is 6.07 Å². The lowest BCUT2D eigenvalue weighted by molar-refractivity contribution is -0.120.